The monoisotopic (exact) mass is 1150 g/mol. The van der Waals surface area contributed by atoms with Crippen molar-refractivity contribution >= 4 is 42.2 Å². The Labute approximate surface area is 495 Å². The van der Waals surface area contributed by atoms with E-state index in [9.17, 15) is 19.5 Å². The minimum absolute atomic E-state index is 0.160. The molecule has 1 aliphatic rings. The van der Waals surface area contributed by atoms with Crippen LogP contribution >= 0.6 is 0 Å². The van der Waals surface area contributed by atoms with Gasteiger partial charge in [-0.1, -0.05) is 99.2 Å². The van der Waals surface area contributed by atoms with E-state index >= 15 is 0 Å². The minimum atomic E-state index is -0.703. The van der Waals surface area contributed by atoms with Gasteiger partial charge in [-0.15, -0.1) is 0 Å². The molecule has 8 aromatic carbocycles. The highest BCUT2D eigenvalue weighted by molar-refractivity contribution is 5.92. The van der Waals surface area contributed by atoms with E-state index in [0.29, 0.717) is 58.7 Å². The van der Waals surface area contributed by atoms with E-state index in [2.05, 4.69) is 26.3 Å². The van der Waals surface area contributed by atoms with E-state index in [1.165, 1.54) is 18.2 Å². The molecule has 15 nitrogen and oxygen atoms in total. The molecule has 8 aromatic rings. The Bertz CT molecular complexity index is 3480. The van der Waals surface area contributed by atoms with Crippen LogP contribution in [-0.2, 0) is 9.47 Å². The molecule has 0 amide bonds. The number of ether oxygens (including phenoxy) is 10. The van der Waals surface area contributed by atoms with Crippen LogP contribution in [-0.4, -0.2) is 59.7 Å². The number of phenolic OH excluding ortho intramolecular Hbond substituents is 2. The van der Waals surface area contributed by atoms with E-state index in [4.69, 9.17) is 52.5 Å². The zero-order chi connectivity index (χ0) is 61.3. The van der Waals surface area contributed by atoms with Gasteiger partial charge in [-0.2, -0.15) is 0 Å². The molecule has 0 spiro atoms. The molecule has 0 aromatic heterocycles. The molecule has 0 saturated carbocycles. The van der Waals surface area contributed by atoms with E-state index in [1.807, 2.05) is 114 Å². The number of aromatic hydroxyl groups is 2. The van der Waals surface area contributed by atoms with Gasteiger partial charge < -0.3 is 57.6 Å². The van der Waals surface area contributed by atoms with Gasteiger partial charge in [0, 0.05) is 39.2 Å². The molecular formula is C70H68O15. The van der Waals surface area contributed by atoms with Crippen LogP contribution in [0.1, 0.15) is 94.9 Å². The quantitative estimate of drug-likeness (QED) is 0.0318. The third-order valence-electron chi connectivity index (χ3n) is 11.8. The molecule has 15 heteroatoms. The van der Waals surface area contributed by atoms with E-state index in [0.717, 1.165) is 39.5 Å². The zero-order valence-electron chi connectivity index (χ0n) is 48.2. The molecule has 85 heavy (non-hydrogen) atoms. The molecule has 438 valence electrons. The molecule has 0 aliphatic carbocycles. The summed E-state index contributed by atoms with van der Waals surface area (Å²) in [7, 11) is 0. The van der Waals surface area contributed by atoms with Crippen LogP contribution in [0.4, 0.5) is 0 Å². The summed E-state index contributed by atoms with van der Waals surface area (Å²) in [5, 5.41) is 18.5. The number of rotatable bonds is 20. The molecule has 0 fully saturated rings. The summed E-state index contributed by atoms with van der Waals surface area (Å²) in [5.41, 5.74) is 5.21. The molecule has 2 unspecified atom stereocenters. The van der Waals surface area contributed by atoms with Crippen molar-refractivity contribution in [2.45, 2.75) is 59.9 Å². The number of carbonyl (C=O) groups excluding carboxylic acids is 3. The molecular weight excluding hydrogens is 1080 g/mol. The third-order valence-corrected chi connectivity index (χ3v) is 11.8. The Kier molecular flexibility index (Phi) is 23.8. The Balaban J connectivity index is 0.000000182. The fourth-order valence-corrected chi connectivity index (χ4v) is 7.50. The fraction of sp³-hybridized carbons (Fsp3) is 0.157. The van der Waals surface area contributed by atoms with Gasteiger partial charge in [-0.25, -0.2) is 14.4 Å². The molecule has 0 bridgehead atoms. The number of hydrogen-bond acceptors (Lipinski definition) is 15. The Morgan fingerprint density at radius 3 is 1.13 bits per heavy atom. The van der Waals surface area contributed by atoms with Gasteiger partial charge in [0.25, 0.3) is 0 Å². The van der Waals surface area contributed by atoms with Crippen molar-refractivity contribution in [1.82, 2.24) is 0 Å². The average Bonchev–Trinajstić information content (AvgIpc) is 3.90. The lowest BCUT2D eigenvalue weighted by molar-refractivity contribution is -0.0616. The first-order valence-electron chi connectivity index (χ1n) is 26.9. The van der Waals surface area contributed by atoms with Gasteiger partial charge in [0.15, 0.2) is 35.6 Å². The van der Waals surface area contributed by atoms with Crippen molar-refractivity contribution in [2.75, 3.05) is 13.2 Å². The van der Waals surface area contributed by atoms with Crippen molar-refractivity contribution < 1.29 is 72.0 Å². The Morgan fingerprint density at radius 2 is 0.741 bits per heavy atom. The number of benzene rings is 8. The summed E-state index contributed by atoms with van der Waals surface area (Å²) in [4.78, 5) is 36.0. The zero-order valence-corrected chi connectivity index (χ0v) is 48.2. The Morgan fingerprint density at radius 1 is 0.424 bits per heavy atom. The second-order valence-electron chi connectivity index (χ2n) is 18.6. The SMILES string of the molecule is C=Cc1ccc(C(=O)Oc2ccc(O)c(O)c2)cc1.C=Cc1ccc(C(=O)Oc2ccc(OC(C)OCC)cc2)cc1.C=Cc1ccc(C(=O)Oc2ccc3c(c2)OC(C)(C)O3)cc1.C=Cc1ccc(Oc2ccc(OC(C)OCC)cc2)cc1. The van der Waals surface area contributed by atoms with Gasteiger partial charge in [0.1, 0.15) is 40.2 Å². The first-order valence-corrected chi connectivity index (χ1v) is 26.9. The molecule has 2 atom stereocenters. The summed E-state index contributed by atoms with van der Waals surface area (Å²) in [5.74, 6) is 2.52. The van der Waals surface area contributed by atoms with E-state index in [1.54, 1.807) is 115 Å². The summed E-state index contributed by atoms with van der Waals surface area (Å²) in [6, 6.07) is 51.8. The predicted octanol–water partition coefficient (Wildman–Crippen LogP) is 16.2. The lowest BCUT2D eigenvalue weighted by Gasteiger charge is -2.16. The summed E-state index contributed by atoms with van der Waals surface area (Å²) >= 11 is 0. The molecule has 1 aliphatic heterocycles. The third kappa shape index (κ3) is 20.5. The maximum absolute atomic E-state index is 12.1. The number of hydrogen-bond donors (Lipinski definition) is 2. The van der Waals surface area contributed by atoms with Crippen molar-refractivity contribution in [2.24, 2.45) is 0 Å². The smallest absolute Gasteiger partial charge is 0.343 e. The van der Waals surface area contributed by atoms with Crippen molar-refractivity contribution in [1.29, 1.82) is 0 Å². The number of fused-ring (bicyclic) bond motifs is 1. The van der Waals surface area contributed by atoms with Crippen LogP contribution < -0.4 is 37.9 Å². The first-order chi connectivity index (χ1) is 40.9. The summed E-state index contributed by atoms with van der Waals surface area (Å²) in [6.45, 7) is 27.1. The Hall–Kier alpha value is -10.4. The highest BCUT2D eigenvalue weighted by Gasteiger charge is 2.32. The molecule has 2 N–H and O–H groups in total. The maximum atomic E-state index is 12.1. The van der Waals surface area contributed by atoms with Crippen LogP contribution in [0.25, 0.3) is 24.3 Å². The molecule has 0 saturated heterocycles. The minimum Gasteiger partial charge on any atom is -0.504 e. The number of esters is 3. The van der Waals surface area contributed by atoms with Crippen molar-refractivity contribution in [3.8, 4) is 63.2 Å². The second-order valence-corrected chi connectivity index (χ2v) is 18.6. The van der Waals surface area contributed by atoms with Gasteiger partial charge in [-0.3, -0.25) is 0 Å². The number of phenols is 2. The molecule has 1 heterocycles. The molecule has 9 rings (SSSR count). The first kappa shape index (κ1) is 63.8. The summed E-state index contributed by atoms with van der Waals surface area (Å²) < 4.78 is 54.5. The van der Waals surface area contributed by atoms with Crippen LogP contribution in [0, 0.1) is 0 Å². The topological polar surface area (TPSA) is 184 Å². The second kappa shape index (κ2) is 31.7. The largest absolute Gasteiger partial charge is 0.504 e. The van der Waals surface area contributed by atoms with Crippen LogP contribution in [0.3, 0.4) is 0 Å². The van der Waals surface area contributed by atoms with Crippen LogP contribution in [0.15, 0.2) is 208 Å². The van der Waals surface area contributed by atoms with Gasteiger partial charge in [0.2, 0.25) is 5.79 Å². The van der Waals surface area contributed by atoms with Crippen LogP contribution in [0.5, 0.6) is 63.2 Å². The predicted molar refractivity (Wildman–Crippen MR) is 329 cm³/mol. The van der Waals surface area contributed by atoms with Crippen molar-refractivity contribution in [3.05, 3.63) is 247 Å². The fourth-order valence-electron chi connectivity index (χ4n) is 7.50. The highest BCUT2D eigenvalue weighted by atomic mass is 16.7. The average molecular weight is 1150 g/mol. The van der Waals surface area contributed by atoms with Gasteiger partial charge in [-0.05, 0) is 171 Å². The number of carbonyl (C=O) groups is 3. The lowest BCUT2D eigenvalue weighted by atomic mass is 10.1. The van der Waals surface area contributed by atoms with Gasteiger partial charge >= 0.3 is 17.9 Å². The lowest BCUT2D eigenvalue weighted by Crippen LogP contribution is -2.29. The van der Waals surface area contributed by atoms with E-state index < -0.39 is 23.7 Å². The van der Waals surface area contributed by atoms with E-state index in [-0.39, 0.29) is 29.8 Å². The summed E-state index contributed by atoms with van der Waals surface area (Å²) in [6.07, 6.45) is 6.33. The standard InChI is InChI=1S/C19H20O4.C18H16O4.C18H20O3.C15H12O4/c1-4-15-6-8-16(9-7-15)19(20)23-18-12-10-17(11-13-18)22-14(3)21-5-2;1-4-12-5-7-13(8-6-12)17(19)20-14-9-10-15-16(11-14)22-18(2,3)21-15;1-4-15-6-8-17(9-7-15)21-18-12-10-16(11-13-18)20-14(3)19-5-2;1-2-10-3-5-11(6-4-10)15(18)19-12-7-8-13(16)14(17)9-12/h4,6-14H,1,5H2,2-3H3;4-11H,1H2,2-3H3;4,6-14H,1,5H2,2-3H3;2-9,16-17H,1H2. The normalized spacial score (nSPS) is 12.0. The van der Waals surface area contributed by atoms with Crippen molar-refractivity contribution in [3.63, 3.8) is 0 Å². The van der Waals surface area contributed by atoms with Crippen LogP contribution in [0.2, 0.25) is 0 Å². The maximum Gasteiger partial charge on any atom is 0.343 e. The highest BCUT2D eigenvalue weighted by Crippen LogP contribution is 2.41. The van der Waals surface area contributed by atoms with Gasteiger partial charge in [0.05, 0.1) is 16.7 Å². The molecule has 0 radical (unpaired) electrons.